The van der Waals surface area contributed by atoms with E-state index >= 15 is 0 Å². The molecule has 0 aliphatic carbocycles. The summed E-state index contributed by atoms with van der Waals surface area (Å²) < 4.78 is 0. The third kappa shape index (κ3) is 2.72. The van der Waals surface area contributed by atoms with Gasteiger partial charge >= 0.3 is 29.6 Å². The van der Waals surface area contributed by atoms with Gasteiger partial charge in [0.05, 0.1) is 0 Å². The minimum atomic E-state index is 0. The monoisotopic (exact) mass is 126 g/mol. The Morgan fingerprint density at radius 2 is 1.67 bits per heavy atom. The summed E-state index contributed by atoms with van der Waals surface area (Å²) >= 11 is 0. The number of rotatable bonds is 0. The van der Waals surface area contributed by atoms with E-state index in [2.05, 4.69) is 5.92 Å². The zero-order valence-corrected chi connectivity index (χ0v) is 4.46. The van der Waals surface area contributed by atoms with E-state index in [1.807, 2.05) is 30.3 Å². The van der Waals surface area contributed by atoms with Gasteiger partial charge in [-0.1, -0.05) is 24.1 Å². The molecule has 1 heteroatoms. The molecule has 0 amide bonds. The Balaban J connectivity index is 0.000000640. The standard InChI is InChI=1S/C8H6.Na.H/c1-2-8-6-4-3-5-7-8;;/h1,3-7H;;. The van der Waals surface area contributed by atoms with Crippen LogP contribution in [0, 0.1) is 12.3 Å². The van der Waals surface area contributed by atoms with Gasteiger partial charge in [0.15, 0.2) is 0 Å². The molecule has 0 saturated carbocycles. The van der Waals surface area contributed by atoms with Gasteiger partial charge in [0.1, 0.15) is 0 Å². The molecule has 0 saturated heterocycles. The third-order valence-electron chi connectivity index (χ3n) is 0.940. The molecule has 1 rings (SSSR count). The first-order valence-corrected chi connectivity index (χ1v) is 2.45. The van der Waals surface area contributed by atoms with Crippen molar-refractivity contribution in [2.45, 2.75) is 0 Å². The summed E-state index contributed by atoms with van der Waals surface area (Å²) in [7, 11) is 0. The van der Waals surface area contributed by atoms with E-state index in [0.29, 0.717) is 0 Å². The summed E-state index contributed by atoms with van der Waals surface area (Å²) in [6, 6.07) is 9.60. The summed E-state index contributed by atoms with van der Waals surface area (Å²) in [5.74, 6) is 2.53. The molecule has 1 aromatic carbocycles. The molecule has 0 radical (unpaired) electrons. The van der Waals surface area contributed by atoms with Crippen LogP contribution in [0.1, 0.15) is 5.56 Å². The first kappa shape index (κ1) is 8.78. The molecule has 0 nitrogen and oxygen atoms in total. The Bertz CT molecular complexity index is 196. The summed E-state index contributed by atoms with van der Waals surface area (Å²) in [4.78, 5) is 0. The maximum absolute atomic E-state index is 5.10. The predicted molar refractivity (Wildman–Crippen MR) is 41.5 cm³/mol. The average Bonchev–Trinajstić information content (AvgIpc) is 1.90. The fraction of sp³-hybridized carbons (Fsp3) is 0. The van der Waals surface area contributed by atoms with Crippen molar-refractivity contribution in [2.24, 2.45) is 0 Å². The molecule has 0 N–H and O–H groups in total. The molecular formula is C8H7Na. The molecule has 0 bridgehead atoms. The normalized spacial score (nSPS) is 7.00. The molecule has 0 aliphatic heterocycles. The van der Waals surface area contributed by atoms with Gasteiger partial charge in [-0.25, -0.2) is 0 Å². The van der Waals surface area contributed by atoms with Gasteiger partial charge in [0.2, 0.25) is 0 Å². The van der Waals surface area contributed by atoms with Gasteiger partial charge in [-0.3, -0.25) is 0 Å². The summed E-state index contributed by atoms with van der Waals surface area (Å²) in [6.07, 6.45) is 5.10. The Hall–Kier alpha value is -0.220. The van der Waals surface area contributed by atoms with Gasteiger partial charge in [-0.2, -0.15) is 0 Å². The van der Waals surface area contributed by atoms with E-state index < -0.39 is 0 Å². The first-order valence-electron chi connectivity index (χ1n) is 2.45. The zero-order valence-electron chi connectivity index (χ0n) is 4.46. The number of hydrogen-bond acceptors (Lipinski definition) is 0. The van der Waals surface area contributed by atoms with E-state index in [9.17, 15) is 0 Å². The number of hydrogen-bond donors (Lipinski definition) is 0. The predicted octanol–water partition coefficient (Wildman–Crippen LogP) is 1.02. The molecule has 9 heavy (non-hydrogen) atoms. The molecule has 0 aliphatic rings. The number of benzene rings is 1. The van der Waals surface area contributed by atoms with Crippen molar-refractivity contribution < 1.29 is 0 Å². The van der Waals surface area contributed by atoms with Crippen molar-refractivity contribution in [3.63, 3.8) is 0 Å². The fourth-order valence-corrected chi connectivity index (χ4v) is 0.534. The van der Waals surface area contributed by atoms with Gasteiger partial charge in [-0.05, 0) is 12.1 Å². The van der Waals surface area contributed by atoms with E-state index in [1.54, 1.807) is 0 Å². The molecular weight excluding hydrogens is 119 g/mol. The van der Waals surface area contributed by atoms with Crippen molar-refractivity contribution in [3.8, 4) is 12.3 Å². The van der Waals surface area contributed by atoms with Crippen LogP contribution in [0.2, 0.25) is 0 Å². The maximum atomic E-state index is 5.10. The van der Waals surface area contributed by atoms with E-state index in [4.69, 9.17) is 6.42 Å². The van der Waals surface area contributed by atoms with Crippen LogP contribution in [-0.4, -0.2) is 29.6 Å². The Kier molecular flexibility index (Phi) is 4.53. The second kappa shape index (κ2) is 4.64. The van der Waals surface area contributed by atoms with Crippen molar-refractivity contribution in [3.05, 3.63) is 35.9 Å². The second-order valence-electron chi connectivity index (χ2n) is 1.51. The molecule has 0 heterocycles. The summed E-state index contributed by atoms with van der Waals surface area (Å²) in [5.41, 5.74) is 0.938. The van der Waals surface area contributed by atoms with Crippen LogP contribution in [-0.2, 0) is 0 Å². The van der Waals surface area contributed by atoms with Gasteiger partial charge in [0, 0.05) is 5.56 Å². The summed E-state index contributed by atoms with van der Waals surface area (Å²) in [5, 5.41) is 0. The summed E-state index contributed by atoms with van der Waals surface area (Å²) in [6.45, 7) is 0. The van der Waals surface area contributed by atoms with Crippen LogP contribution in [0.4, 0.5) is 0 Å². The second-order valence-corrected chi connectivity index (χ2v) is 1.51. The van der Waals surface area contributed by atoms with Crippen LogP contribution in [0.25, 0.3) is 0 Å². The van der Waals surface area contributed by atoms with Gasteiger partial charge in [0.25, 0.3) is 0 Å². The molecule has 0 atom stereocenters. The van der Waals surface area contributed by atoms with E-state index in [0.717, 1.165) is 5.56 Å². The van der Waals surface area contributed by atoms with Gasteiger partial charge in [-0.15, -0.1) is 6.42 Å². The Morgan fingerprint density at radius 3 is 2.00 bits per heavy atom. The molecule has 0 aromatic heterocycles. The first-order chi connectivity index (χ1) is 3.93. The SMILES string of the molecule is C#Cc1ccccc1.[NaH]. The van der Waals surface area contributed by atoms with Gasteiger partial charge < -0.3 is 0 Å². The van der Waals surface area contributed by atoms with Crippen LogP contribution in [0.5, 0.6) is 0 Å². The van der Waals surface area contributed by atoms with Crippen LogP contribution >= 0.6 is 0 Å². The Morgan fingerprint density at radius 1 is 1.11 bits per heavy atom. The topological polar surface area (TPSA) is 0 Å². The molecule has 0 spiro atoms. The zero-order chi connectivity index (χ0) is 5.82. The minimum absolute atomic E-state index is 0. The average molecular weight is 126 g/mol. The molecule has 0 unspecified atom stereocenters. The molecule has 40 valence electrons. The van der Waals surface area contributed by atoms with Crippen molar-refractivity contribution in [1.29, 1.82) is 0 Å². The van der Waals surface area contributed by atoms with Crippen molar-refractivity contribution >= 4 is 29.6 Å². The molecule has 1 aromatic rings. The van der Waals surface area contributed by atoms with E-state index in [1.165, 1.54) is 0 Å². The van der Waals surface area contributed by atoms with Crippen molar-refractivity contribution in [2.75, 3.05) is 0 Å². The Labute approximate surface area is 77.6 Å². The van der Waals surface area contributed by atoms with Crippen molar-refractivity contribution in [1.82, 2.24) is 0 Å². The van der Waals surface area contributed by atoms with E-state index in [-0.39, 0.29) is 29.6 Å². The fourth-order valence-electron chi connectivity index (χ4n) is 0.534. The van der Waals surface area contributed by atoms with Crippen LogP contribution in [0.15, 0.2) is 30.3 Å². The van der Waals surface area contributed by atoms with Crippen LogP contribution in [0.3, 0.4) is 0 Å². The van der Waals surface area contributed by atoms with Crippen LogP contribution < -0.4 is 0 Å². The third-order valence-corrected chi connectivity index (χ3v) is 0.940. The molecule has 0 fully saturated rings. The quantitative estimate of drug-likeness (QED) is 0.359. The number of terminal acetylenes is 1.